The van der Waals surface area contributed by atoms with Crippen LogP contribution in [0, 0.1) is 0 Å². The predicted molar refractivity (Wildman–Crippen MR) is 98.9 cm³/mol. The van der Waals surface area contributed by atoms with Crippen molar-refractivity contribution in [3.63, 3.8) is 0 Å². The van der Waals surface area contributed by atoms with Gasteiger partial charge in [0.05, 0.1) is 6.61 Å². The lowest BCUT2D eigenvalue weighted by atomic mass is 10.1. The lowest BCUT2D eigenvalue weighted by Gasteiger charge is -2.25. The van der Waals surface area contributed by atoms with Gasteiger partial charge in [-0.3, -0.25) is 18.9 Å². The Hall–Kier alpha value is -1.03. The molecule has 2 fully saturated rings. The van der Waals surface area contributed by atoms with Gasteiger partial charge in [0.25, 0.3) is 5.56 Å². The van der Waals surface area contributed by atoms with E-state index in [1.807, 2.05) is 4.98 Å². The van der Waals surface area contributed by atoms with Crippen LogP contribution in [-0.4, -0.2) is 59.8 Å². The molecule has 0 saturated carbocycles. The summed E-state index contributed by atoms with van der Waals surface area (Å²) in [6, 6.07) is 1.06. The summed E-state index contributed by atoms with van der Waals surface area (Å²) in [5.41, 5.74) is -1.49. The maximum Gasteiger partial charge on any atom is 0.490 e. The fourth-order valence-corrected chi connectivity index (χ4v) is 6.15. The van der Waals surface area contributed by atoms with E-state index in [0.717, 1.165) is 16.8 Å². The molecule has 2 aliphatic rings. The molecule has 0 spiro atoms. The molecule has 6 unspecified atom stereocenters. The van der Waals surface area contributed by atoms with Crippen LogP contribution >= 0.6 is 23.5 Å². The zero-order valence-corrected chi connectivity index (χ0v) is 18.9. The Morgan fingerprint density at radius 3 is 2.28 bits per heavy atom. The largest absolute Gasteiger partial charge is 0.490 e. The summed E-state index contributed by atoms with van der Waals surface area (Å²) in [6.45, 7) is 2.30. The number of phosphoric ester groups is 1. The van der Waals surface area contributed by atoms with Crippen LogP contribution in [0.4, 0.5) is 0 Å². The van der Waals surface area contributed by atoms with Crippen molar-refractivity contribution in [3.8, 4) is 0 Å². The van der Waals surface area contributed by atoms with Crippen LogP contribution in [0.1, 0.15) is 20.1 Å². The number of nitrogens with one attached hydrogen (secondary N) is 1. The molecule has 3 heterocycles. The van der Waals surface area contributed by atoms with Crippen LogP contribution in [0.15, 0.2) is 21.9 Å². The molecular formula is C12H19N2O15P3. The van der Waals surface area contributed by atoms with Crippen molar-refractivity contribution >= 4 is 23.5 Å². The summed E-state index contributed by atoms with van der Waals surface area (Å²) < 4.78 is 63.9. The number of H-pyrrole nitrogens is 1. The van der Waals surface area contributed by atoms with E-state index >= 15 is 0 Å². The van der Waals surface area contributed by atoms with E-state index in [0.29, 0.717) is 0 Å². The number of ether oxygens (including phenoxy) is 3. The molecule has 0 radical (unpaired) electrons. The van der Waals surface area contributed by atoms with Crippen molar-refractivity contribution in [1.82, 2.24) is 9.55 Å². The Bertz CT molecular complexity index is 1120. The minimum atomic E-state index is -5.69. The number of hydrogen-bond donors (Lipinski definition) is 5. The SMILES string of the molecule is CC1(C)OC2C(COP(=O)(O)OP(=O)(O)OP(=O)(O)O)OC(n3ccc(=O)[nH]c3=O)C2O1. The minimum absolute atomic E-state index is 0.658. The third-order valence-electron chi connectivity index (χ3n) is 4.07. The van der Waals surface area contributed by atoms with Gasteiger partial charge < -0.3 is 33.8 Å². The van der Waals surface area contributed by atoms with E-state index in [1.54, 1.807) is 13.8 Å². The van der Waals surface area contributed by atoms with Crippen molar-refractivity contribution in [2.24, 2.45) is 0 Å². The quantitative estimate of drug-likeness (QED) is 0.264. The number of fused-ring (bicyclic) bond motifs is 1. The topological polar surface area (TPSA) is 242 Å². The highest BCUT2D eigenvalue weighted by molar-refractivity contribution is 7.66. The molecule has 0 aliphatic carbocycles. The average Bonchev–Trinajstić information content (AvgIpc) is 3.03. The van der Waals surface area contributed by atoms with Crippen LogP contribution in [-0.2, 0) is 41.1 Å². The number of aromatic nitrogens is 2. The van der Waals surface area contributed by atoms with E-state index in [-0.39, 0.29) is 0 Å². The van der Waals surface area contributed by atoms with E-state index < -0.39 is 71.7 Å². The highest BCUT2D eigenvalue weighted by atomic mass is 31.3. The molecule has 32 heavy (non-hydrogen) atoms. The summed E-state index contributed by atoms with van der Waals surface area (Å²) in [6.07, 6.45) is -3.08. The van der Waals surface area contributed by atoms with Gasteiger partial charge in [-0.25, -0.2) is 18.5 Å². The first-order chi connectivity index (χ1) is 14.5. The monoisotopic (exact) mass is 524 g/mol. The standard InChI is InChI=1S/C12H19N2O15P3/c1-12(2)26-8-6(5-24-31(20,21)29-32(22,23)28-30(17,18)19)25-10(9(8)27-12)14-4-3-7(15)13-11(14)16/h3-4,6,8-10H,5H2,1-2H3,(H,20,21)(H,22,23)(H,13,15,16)(H2,17,18,19). The lowest BCUT2D eigenvalue weighted by molar-refractivity contribution is -0.200. The highest BCUT2D eigenvalue weighted by Gasteiger charge is 2.56. The van der Waals surface area contributed by atoms with Crippen LogP contribution < -0.4 is 11.2 Å². The van der Waals surface area contributed by atoms with Gasteiger partial charge in [0, 0.05) is 12.3 Å². The second kappa shape index (κ2) is 8.64. The van der Waals surface area contributed by atoms with Crippen molar-refractivity contribution < 1.29 is 60.6 Å². The van der Waals surface area contributed by atoms with Crippen LogP contribution in [0.2, 0.25) is 0 Å². The number of nitrogens with zero attached hydrogens (tertiary/aromatic N) is 1. The van der Waals surface area contributed by atoms with Crippen molar-refractivity contribution in [2.75, 3.05) is 6.61 Å². The molecule has 3 rings (SSSR count). The first kappa shape index (κ1) is 25.6. The molecule has 5 N–H and O–H groups in total. The molecule has 20 heteroatoms. The van der Waals surface area contributed by atoms with Gasteiger partial charge in [0.1, 0.15) is 18.3 Å². The fourth-order valence-electron chi connectivity index (χ4n) is 3.12. The van der Waals surface area contributed by atoms with Gasteiger partial charge in [0.15, 0.2) is 12.0 Å². The number of phosphoric acid groups is 3. The molecule has 2 aliphatic heterocycles. The highest BCUT2D eigenvalue weighted by Crippen LogP contribution is 2.66. The van der Waals surface area contributed by atoms with Crippen molar-refractivity contribution in [1.29, 1.82) is 0 Å². The van der Waals surface area contributed by atoms with Gasteiger partial charge in [-0.2, -0.15) is 8.62 Å². The Kier molecular flexibility index (Phi) is 6.91. The second-order valence-corrected chi connectivity index (χ2v) is 11.5. The summed E-state index contributed by atoms with van der Waals surface area (Å²) in [4.78, 5) is 61.4. The van der Waals surface area contributed by atoms with Gasteiger partial charge in [-0.1, -0.05) is 0 Å². The first-order valence-corrected chi connectivity index (χ1v) is 13.1. The van der Waals surface area contributed by atoms with Gasteiger partial charge in [0.2, 0.25) is 0 Å². The molecular weight excluding hydrogens is 505 g/mol. The molecule has 2 saturated heterocycles. The Morgan fingerprint density at radius 2 is 1.69 bits per heavy atom. The Morgan fingerprint density at radius 1 is 1.06 bits per heavy atom. The third-order valence-corrected chi connectivity index (χ3v) is 7.87. The molecule has 1 aromatic heterocycles. The third kappa shape index (κ3) is 6.30. The van der Waals surface area contributed by atoms with E-state index in [2.05, 4.69) is 13.1 Å². The van der Waals surface area contributed by atoms with E-state index in [9.17, 15) is 33.1 Å². The van der Waals surface area contributed by atoms with Crippen molar-refractivity contribution in [2.45, 2.75) is 44.2 Å². The van der Waals surface area contributed by atoms with E-state index in [1.165, 1.54) is 0 Å². The fraction of sp³-hybridized carbons (Fsp3) is 0.667. The normalized spacial score (nSPS) is 31.1. The molecule has 17 nitrogen and oxygen atoms in total. The smallest absolute Gasteiger partial charge is 0.346 e. The van der Waals surface area contributed by atoms with Gasteiger partial charge >= 0.3 is 29.2 Å². The summed E-state index contributed by atoms with van der Waals surface area (Å²) in [5, 5.41) is 0. The summed E-state index contributed by atoms with van der Waals surface area (Å²) in [5.74, 6) is -1.15. The average molecular weight is 524 g/mol. The summed E-state index contributed by atoms with van der Waals surface area (Å²) >= 11 is 0. The van der Waals surface area contributed by atoms with Crippen LogP contribution in [0.3, 0.4) is 0 Å². The van der Waals surface area contributed by atoms with Gasteiger partial charge in [-0.05, 0) is 13.8 Å². The van der Waals surface area contributed by atoms with E-state index in [4.69, 9.17) is 24.0 Å². The number of aromatic amines is 1. The van der Waals surface area contributed by atoms with Crippen LogP contribution in [0.25, 0.3) is 0 Å². The maximum atomic E-state index is 12.1. The molecule has 1 aromatic rings. The van der Waals surface area contributed by atoms with Gasteiger partial charge in [-0.15, -0.1) is 0 Å². The number of hydrogen-bond acceptors (Lipinski definition) is 11. The Labute approximate surface area is 178 Å². The zero-order chi connectivity index (χ0) is 24.1. The lowest BCUT2D eigenvalue weighted by Crippen LogP contribution is -2.37. The number of rotatable bonds is 8. The molecule has 182 valence electrons. The maximum absolute atomic E-state index is 12.1. The van der Waals surface area contributed by atoms with Crippen LogP contribution in [0.5, 0.6) is 0 Å². The molecule has 0 aromatic carbocycles. The minimum Gasteiger partial charge on any atom is -0.346 e. The predicted octanol–water partition coefficient (Wildman–Crippen LogP) is -0.703. The Balaban J connectivity index is 1.75. The molecule has 0 amide bonds. The van der Waals surface area contributed by atoms with Crippen molar-refractivity contribution in [3.05, 3.63) is 33.1 Å². The molecule has 6 atom stereocenters. The molecule has 0 bridgehead atoms. The second-order valence-electron chi connectivity index (χ2n) is 7.03. The zero-order valence-electron chi connectivity index (χ0n) is 16.2. The summed E-state index contributed by atoms with van der Waals surface area (Å²) in [7, 11) is -16.6. The first-order valence-electron chi connectivity index (χ1n) is 8.58.